The van der Waals surface area contributed by atoms with Crippen LogP contribution < -0.4 is 19.5 Å². The van der Waals surface area contributed by atoms with Gasteiger partial charge < -0.3 is 19.5 Å². The first-order valence-corrected chi connectivity index (χ1v) is 9.45. The number of nitrogens with zero attached hydrogens (tertiary/aromatic N) is 1. The van der Waals surface area contributed by atoms with Gasteiger partial charge in [-0.15, -0.1) is 0 Å². The number of rotatable bonds is 6. The van der Waals surface area contributed by atoms with E-state index in [2.05, 4.69) is 16.4 Å². The summed E-state index contributed by atoms with van der Waals surface area (Å²) in [7, 11) is 3.02. The number of aromatic nitrogens is 1. The van der Waals surface area contributed by atoms with Crippen molar-refractivity contribution in [3.63, 3.8) is 0 Å². The molecule has 1 radical (unpaired) electrons. The second-order valence-electron chi connectivity index (χ2n) is 6.64. The largest absolute Gasteiger partial charge is 0.493 e. The molecule has 0 fully saturated rings. The molecule has 0 bridgehead atoms. The molecule has 6 nitrogen and oxygen atoms in total. The zero-order valence-electron chi connectivity index (χ0n) is 17.1. The normalized spacial score (nSPS) is 10.6. The molecule has 0 aliphatic rings. The predicted molar refractivity (Wildman–Crippen MR) is 115 cm³/mol. The molecule has 1 heterocycles. The van der Waals surface area contributed by atoms with Gasteiger partial charge in [-0.3, -0.25) is 9.78 Å². The Labute approximate surface area is 182 Å². The second kappa shape index (κ2) is 8.89. The van der Waals surface area contributed by atoms with Crippen LogP contribution in [-0.2, 0) is 0 Å². The van der Waals surface area contributed by atoms with Crippen LogP contribution in [0, 0.1) is 17.7 Å². The van der Waals surface area contributed by atoms with Crippen LogP contribution in [0.4, 0.5) is 14.5 Å². The molecule has 1 N–H and O–H groups in total. The molecular weight excluding hydrogens is 418 g/mol. The van der Waals surface area contributed by atoms with Gasteiger partial charge in [-0.05, 0) is 42.5 Å². The van der Waals surface area contributed by atoms with Gasteiger partial charge in [0.15, 0.2) is 23.1 Å². The number of carbonyl (C=O) groups excluding carboxylic acids is 1. The van der Waals surface area contributed by atoms with E-state index in [0.29, 0.717) is 28.2 Å². The van der Waals surface area contributed by atoms with Crippen molar-refractivity contribution in [3.05, 3.63) is 84.1 Å². The fraction of sp³-hybridized carbons (Fsp3) is 0.0833. The van der Waals surface area contributed by atoms with E-state index in [0.717, 1.165) is 12.1 Å². The number of nitrogens with one attached hydrogen (secondary N) is 1. The Balaban J connectivity index is 1.60. The van der Waals surface area contributed by atoms with E-state index in [4.69, 9.17) is 14.2 Å². The van der Waals surface area contributed by atoms with Crippen LogP contribution in [-0.4, -0.2) is 25.1 Å². The standard InChI is InChI=1S/C24H17F2N2O4/c1-30-22-12-16-19(13-23(22)31-2)27-10-9-20(16)32-21-8-7-14(11-18(21)26)28-24(29)15-5-3-4-6-17(15)25/h4-13H,1-2H3,(H,28,29). The highest BCUT2D eigenvalue weighted by Gasteiger charge is 2.15. The van der Waals surface area contributed by atoms with E-state index in [-0.39, 0.29) is 17.0 Å². The van der Waals surface area contributed by atoms with Crippen molar-refractivity contribution in [2.75, 3.05) is 19.5 Å². The molecule has 4 rings (SSSR count). The van der Waals surface area contributed by atoms with Gasteiger partial charge in [0.25, 0.3) is 5.91 Å². The molecular formula is C24H17F2N2O4. The Hall–Kier alpha value is -4.20. The van der Waals surface area contributed by atoms with Crippen molar-refractivity contribution in [2.45, 2.75) is 0 Å². The summed E-state index contributed by atoms with van der Waals surface area (Å²) in [5.41, 5.74) is 0.529. The highest BCUT2D eigenvalue weighted by atomic mass is 19.1. The van der Waals surface area contributed by atoms with Gasteiger partial charge in [0.05, 0.1) is 25.3 Å². The molecule has 0 saturated carbocycles. The number of carbonyl (C=O) groups is 1. The highest BCUT2D eigenvalue weighted by molar-refractivity contribution is 6.04. The molecule has 1 amide bonds. The zero-order chi connectivity index (χ0) is 22.7. The molecule has 0 unspecified atom stereocenters. The number of benzene rings is 3. The van der Waals surface area contributed by atoms with E-state index in [1.807, 2.05) is 0 Å². The number of amides is 1. The highest BCUT2D eigenvalue weighted by Crippen LogP contribution is 2.37. The Morgan fingerprint density at radius 1 is 0.938 bits per heavy atom. The third kappa shape index (κ3) is 4.15. The molecule has 0 spiro atoms. The van der Waals surface area contributed by atoms with Crippen molar-refractivity contribution in [2.24, 2.45) is 0 Å². The Morgan fingerprint density at radius 3 is 2.44 bits per heavy atom. The van der Waals surface area contributed by atoms with Crippen LogP contribution in [0.2, 0.25) is 0 Å². The summed E-state index contributed by atoms with van der Waals surface area (Å²) in [6.07, 6.45) is 1.53. The summed E-state index contributed by atoms with van der Waals surface area (Å²) >= 11 is 0. The minimum Gasteiger partial charge on any atom is -0.493 e. The number of halogens is 2. The van der Waals surface area contributed by atoms with Gasteiger partial charge in [0.1, 0.15) is 11.6 Å². The van der Waals surface area contributed by atoms with Crippen LogP contribution >= 0.6 is 0 Å². The Bertz CT molecular complexity index is 1310. The van der Waals surface area contributed by atoms with Gasteiger partial charge in [-0.1, -0.05) is 6.07 Å². The molecule has 3 aromatic carbocycles. The summed E-state index contributed by atoms with van der Waals surface area (Å²) in [5.74, 6) is -0.858. The average Bonchev–Trinajstić information content (AvgIpc) is 2.80. The molecule has 0 aliphatic carbocycles. The number of ether oxygens (including phenoxy) is 3. The number of fused-ring (bicyclic) bond motifs is 1. The summed E-state index contributed by atoms with van der Waals surface area (Å²) in [6, 6.07) is 15.2. The van der Waals surface area contributed by atoms with Crippen molar-refractivity contribution in [1.82, 2.24) is 4.98 Å². The zero-order valence-corrected chi connectivity index (χ0v) is 17.1. The monoisotopic (exact) mass is 435 g/mol. The molecule has 0 aliphatic heterocycles. The molecule has 4 aromatic rings. The lowest BCUT2D eigenvalue weighted by Gasteiger charge is -2.13. The van der Waals surface area contributed by atoms with Crippen molar-refractivity contribution < 1.29 is 27.8 Å². The van der Waals surface area contributed by atoms with Crippen LogP contribution in [0.15, 0.2) is 60.8 Å². The number of hydrogen-bond donors (Lipinski definition) is 1. The summed E-state index contributed by atoms with van der Waals surface area (Å²) < 4.78 is 44.8. The number of pyridine rings is 1. The van der Waals surface area contributed by atoms with Crippen molar-refractivity contribution in [1.29, 1.82) is 0 Å². The van der Waals surface area contributed by atoms with Gasteiger partial charge in [-0.2, -0.15) is 0 Å². The molecule has 161 valence electrons. The lowest BCUT2D eigenvalue weighted by atomic mass is 10.1. The Morgan fingerprint density at radius 2 is 1.72 bits per heavy atom. The van der Waals surface area contributed by atoms with Crippen LogP contribution in [0.25, 0.3) is 10.9 Å². The number of hydrogen-bond acceptors (Lipinski definition) is 5. The molecule has 32 heavy (non-hydrogen) atoms. The third-order valence-corrected chi connectivity index (χ3v) is 4.67. The number of anilines is 1. The lowest BCUT2D eigenvalue weighted by Crippen LogP contribution is -2.13. The van der Waals surface area contributed by atoms with E-state index in [1.165, 1.54) is 44.7 Å². The first-order chi connectivity index (χ1) is 15.5. The maximum absolute atomic E-state index is 14.7. The van der Waals surface area contributed by atoms with Crippen LogP contribution in [0.1, 0.15) is 10.4 Å². The molecule has 1 aromatic heterocycles. The first-order valence-electron chi connectivity index (χ1n) is 9.45. The lowest BCUT2D eigenvalue weighted by molar-refractivity contribution is 0.102. The van der Waals surface area contributed by atoms with E-state index in [1.54, 1.807) is 18.2 Å². The fourth-order valence-corrected chi connectivity index (χ4v) is 3.10. The van der Waals surface area contributed by atoms with Crippen molar-refractivity contribution >= 4 is 22.5 Å². The quantitative estimate of drug-likeness (QED) is 0.441. The van der Waals surface area contributed by atoms with Gasteiger partial charge in [-0.25, -0.2) is 8.78 Å². The topological polar surface area (TPSA) is 69.7 Å². The van der Waals surface area contributed by atoms with Crippen molar-refractivity contribution in [3.8, 4) is 23.0 Å². The third-order valence-electron chi connectivity index (χ3n) is 4.67. The van der Waals surface area contributed by atoms with Crippen LogP contribution in [0.3, 0.4) is 0 Å². The molecule has 0 saturated heterocycles. The minimum atomic E-state index is -0.715. The van der Waals surface area contributed by atoms with Gasteiger partial charge in [0.2, 0.25) is 0 Å². The van der Waals surface area contributed by atoms with Gasteiger partial charge in [0, 0.05) is 29.4 Å². The SMILES string of the molecule is COc1cc2nccc(Oc3ccc(NC(=O)c4c[c]ccc4F)cc3F)c2cc1OC. The average molecular weight is 435 g/mol. The maximum atomic E-state index is 14.7. The van der Waals surface area contributed by atoms with E-state index >= 15 is 0 Å². The maximum Gasteiger partial charge on any atom is 0.258 e. The fourth-order valence-electron chi connectivity index (χ4n) is 3.10. The molecule has 8 heteroatoms. The van der Waals surface area contributed by atoms with E-state index < -0.39 is 17.5 Å². The van der Waals surface area contributed by atoms with E-state index in [9.17, 15) is 13.6 Å². The summed E-state index contributed by atoms with van der Waals surface area (Å²) in [6.45, 7) is 0. The Kier molecular flexibility index (Phi) is 5.85. The first kappa shape index (κ1) is 21.0. The van der Waals surface area contributed by atoms with Crippen LogP contribution in [0.5, 0.6) is 23.0 Å². The molecule has 0 atom stereocenters. The summed E-state index contributed by atoms with van der Waals surface area (Å²) in [4.78, 5) is 16.5. The smallest absolute Gasteiger partial charge is 0.258 e. The second-order valence-corrected chi connectivity index (χ2v) is 6.64. The predicted octanol–water partition coefficient (Wildman–Crippen LogP) is 5.37. The summed E-state index contributed by atoms with van der Waals surface area (Å²) in [5, 5.41) is 3.05. The number of methoxy groups -OCH3 is 2. The van der Waals surface area contributed by atoms with Gasteiger partial charge >= 0.3 is 0 Å². The minimum absolute atomic E-state index is 0.0653.